The van der Waals surface area contributed by atoms with Crippen molar-refractivity contribution in [3.8, 4) is 0 Å². The molecule has 98 valence electrons. The summed E-state index contributed by atoms with van der Waals surface area (Å²) in [7, 11) is 0. The Morgan fingerprint density at radius 1 is 1.47 bits per heavy atom. The van der Waals surface area contributed by atoms with Gasteiger partial charge in [0.2, 0.25) is 0 Å². The first kappa shape index (κ1) is 12.2. The zero-order valence-corrected chi connectivity index (χ0v) is 10.7. The van der Waals surface area contributed by atoms with Gasteiger partial charge < -0.3 is 10.1 Å². The molecule has 1 aromatic carbocycles. The number of aromatic amines is 1. The predicted octanol–water partition coefficient (Wildman–Crippen LogP) is 1.75. The summed E-state index contributed by atoms with van der Waals surface area (Å²) in [5.41, 5.74) is 2.60. The molecule has 0 aliphatic carbocycles. The number of carboxylic acids is 1. The van der Waals surface area contributed by atoms with Gasteiger partial charge in [-0.1, -0.05) is 23.7 Å². The standard InChI is InChI=1S/C13H12ClN3O2/c14-8-3-1-2-7(4-8)11-12-9(15-6-16-12)5-10(17-11)13(18)19/h1-4,6,10-11,17H,5H2,(H,15,16)(H,18,19)/t10-,11+/m1/s1. The zero-order chi connectivity index (χ0) is 13.4. The summed E-state index contributed by atoms with van der Waals surface area (Å²) in [4.78, 5) is 18.5. The number of hydrogen-bond acceptors (Lipinski definition) is 3. The maximum absolute atomic E-state index is 11.2. The molecule has 2 heterocycles. The lowest BCUT2D eigenvalue weighted by atomic mass is 9.94. The Morgan fingerprint density at radius 3 is 3.05 bits per heavy atom. The first-order valence-electron chi connectivity index (χ1n) is 5.91. The number of carbonyl (C=O) groups is 1. The average molecular weight is 278 g/mol. The molecule has 1 aromatic heterocycles. The SMILES string of the molecule is O=C(O)[C@H]1Cc2[nH]cnc2[C@H](c2cccc(Cl)c2)N1. The molecular formula is C13H12ClN3O2. The molecule has 6 heteroatoms. The number of carboxylic acid groups (broad SMARTS) is 1. The van der Waals surface area contributed by atoms with Crippen LogP contribution in [0.1, 0.15) is 23.0 Å². The monoisotopic (exact) mass is 277 g/mol. The second-order valence-electron chi connectivity index (χ2n) is 4.52. The third-order valence-electron chi connectivity index (χ3n) is 3.28. The van der Waals surface area contributed by atoms with Crippen LogP contribution in [0.25, 0.3) is 0 Å². The van der Waals surface area contributed by atoms with Crippen molar-refractivity contribution in [3.05, 3.63) is 52.6 Å². The fourth-order valence-corrected chi connectivity index (χ4v) is 2.58. The smallest absolute Gasteiger partial charge is 0.321 e. The van der Waals surface area contributed by atoms with E-state index in [1.54, 1.807) is 12.4 Å². The van der Waals surface area contributed by atoms with Crippen LogP contribution in [0.3, 0.4) is 0 Å². The van der Waals surface area contributed by atoms with E-state index < -0.39 is 12.0 Å². The van der Waals surface area contributed by atoms with Crippen LogP contribution in [-0.4, -0.2) is 27.1 Å². The summed E-state index contributed by atoms with van der Waals surface area (Å²) in [6.45, 7) is 0. The van der Waals surface area contributed by atoms with Gasteiger partial charge >= 0.3 is 5.97 Å². The number of H-pyrrole nitrogens is 1. The number of imidazole rings is 1. The zero-order valence-electron chi connectivity index (χ0n) is 9.93. The minimum atomic E-state index is -0.868. The van der Waals surface area contributed by atoms with E-state index >= 15 is 0 Å². The van der Waals surface area contributed by atoms with Crippen molar-refractivity contribution >= 4 is 17.6 Å². The van der Waals surface area contributed by atoms with E-state index in [9.17, 15) is 9.90 Å². The van der Waals surface area contributed by atoms with Gasteiger partial charge in [-0.15, -0.1) is 0 Å². The Labute approximate surface area is 114 Å². The molecule has 2 atom stereocenters. The summed E-state index contributed by atoms with van der Waals surface area (Å²) in [6.07, 6.45) is 2.00. The Morgan fingerprint density at radius 2 is 2.32 bits per heavy atom. The first-order chi connectivity index (χ1) is 9.15. The molecule has 0 amide bonds. The molecule has 2 aromatic rings. The Kier molecular flexibility index (Phi) is 3.00. The van der Waals surface area contributed by atoms with Crippen molar-refractivity contribution in [1.29, 1.82) is 0 Å². The Hall–Kier alpha value is -1.85. The molecule has 19 heavy (non-hydrogen) atoms. The van der Waals surface area contributed by atoms with Crippen molar-refractivity contribution in [2.75, 3.05) is 0 Å². The highest BCUT2D eigenvalue weighted by Crippen LogP contribution is 2.29. The topological polar surface area (TPSA) is 78.0 Å². The van der Waals surface area contributed by atoms with E-state index in [0.29, 0.717) is 11.4 Å². The van der Waals surface area contributed by atoms with Crippen LogP contribution in [0, 0.1) is 0 Å². The van der Waals surface area contributed by atoms with Crippen molar-refractivity contribution in [2.45, 2.75) is 18.5 Å². The lowest BCUT2D eigenvalue weighted by Gasteiger charge is -2.28. The van der Waals surface area contributed by atoms with Gasteiger partial charge in [-0.25, -0.2) is 4.98 Å². The molecule has 0 unspecified atom stereocenters. The summed E-state index contributed by atoms with van der Waals surface area (Å²) < 4.78 is 0. The Balaban J connectivity index is 2.03. The second-order valence-corrected chi connectivity index (χ2v) is 4.95. The lowest BCUT2D eigenvalue weighted by molar-refractivity contribution is -0.139. The number of fused-ring (bicyclic) bond motifs is 1. The molecule has 0 spiro atoms. The molecule has 0 radical (unpaired) electrons. The third kappa shape index (κ3) is 2.22. The van der Waals surface area contributed by atoms with Crippen LogP contribution >= 0.6 is 11.6 Å². The maximum atomic E-state index is 11.2. The molecule has 3 rings (SSSR count). The summed E-state index contributed by atoms with van der Waals surface area (Å²) in [5.74, 6) is -0.868. The number of rotatable bonds is 2. The number of hydrogen-bond donors (Lipinski definition) is 3. The van der Waals surface area contributed by atoms with Gasteiger partial charge in [0, 0.05) is 17.1 Å². The van der Waals surface area contributed by atoms with Crippen molar-refractivity contribution in [3.63, 3.8) is 0 Å². The van der Waals surface area contributed by atoms with Crippen LogP contribution in [0.5, 0.6) is 0 Å². The summed E-state index contributed by atoms with van der Waals surface area (Å²) in [5, 5.41) is 12.9. The summed E-state index contributed by atoms with van der Waals surface area (Å²) >= 11 is 5.99. The first-order valence-corrected chi connectivity index (χ1v) is 6.29. The number of halogens is 1. The molecule has 3 N–H and O–H groups in total. The highest BCUT2D eigenvalue weighted by atomic mass is 35.5. The fourth-order valence-electron chi connectivity index (χ4n) is 2.39. The van der Waals surface area contributed by atoms with Gasteiger partial charge in [0.05, 0.1) is 18.1 Å². The molecule has 1 aliphatic rings. The van der Waals surface area contributed by atoms with E-state index in [1.165, 1.54) is 0 Å². The van der Waals surface area contributed by atoms with E-state index in [-0.39, 0.29) is 6.04 Å². The van der Waals surface area contributed by atoms with Crippen LogP contribution in [0.15, 0.2) is 30.6 Å². The third-order valence-corrected chi connectivity index (χ3v) is 3.52. The minimum Gasteiger partial charge on any atom is -0.480 e. The number of aliphatic carboxylic acids is 1. The van der Waals surface area contributed by atoms with E-state index in [2.05, 4.69) is 15.3 Å². The minimum absolute atomic E-state index is 0.255. The fraction of sp³-hybridized carbons (Fsp3) is 0.231. The van der Waals surface area contributed by atoms with E-state index in [0.717, 1.165) is 17.0 Å². The molecule has 0 saturated carbocycles. The molecule has 0 fully saturated rings. The Bertz CT molecular complexity index is 626. The number of nitrogens with zero attached hydrogens (tertiary/aromatic N) is 1. The van der Waals surface area contributed by atoms with Gasteiger partial charge in [-0.3, -0.25) is 10.1 Å². The summed E-state index contributed by atoms with van der Waals surface area (Å²) in [6, 6.07) is 6.48. The van der Waals surface area contributed by atoms with Gasteiger partial charge in [-0.2, -0.15) is 0 Å². The lowest BCUT2D eigenvalue weighted by Crippen LogP contribution is -2.45. The van der Waals surface area contributed by atoms with Crippen LogP contribution in [0.2, 0.25) is 5.02 Å². The van der Waals surface area contributed by atoms with Crippen LogP contribution < -0.4 is 5.32 Å². The number of benzene rings is 1. The predicted molar refractivity (Wildman–Crippen MR) is 70.1 cm³/mol. The number of aromatic nitrogens is 2. The van der Waals surface area contributed by atoms with Gasteiger partial charge in [-0.05, 0) is 17.7 Å². The molecule has 0 bridgehead atoms. The molecule has 1 aliphatic heterocycles. The molecular weight excluding hydrogens is 266 g/mol. The van der Waals surface area contributed by atoms with Crippen LogP contribution in [0.4, 0.5) is 0 Å². The second kappa shape index (κ2) is 4.68. The van der Waals surface area contributed by atoms with Gasteiger partial charge in [0.25, 0.3) is 0 Å². The van der Waals surface area contributed by atoms with Crippen molar-refractivity contribution in [1.82, 2.24) is 15.3 Å². The van der Waals surface area contributed by atoms with Gasteiger partial charge in [0.1, 0.15) is 6.04 Å². The molecule has 5 nitrogen and oxygen atoms in total. The number of nitrogens with one attached hydrogen (secondary N) is 2. The normalized spacial score (nSPS) is 21.9. The largest absolute Gasteiger partial charge is 0.480 e. The quantitative estimate of drug-likeness (QED) is 0.781. The van der Waals surface area contributed by atoms with Crippen molar-refractivity contribution in [2.24, 2.45) is 0 Å². The van der Waals surface area contributed by atoms with Crippen molar-refractivity contribution < 1.29 is 9.90 Å². The molecule has 0 saturated heterocycles. The highest BCUT2D eigenvalue weighted by molar-refractivity contribution is 6.30. The van der Waals surface area contributed by atoms with E-state index in [4.69, 9.17) is 11.6 Å². The van der Waals surface area contributed by atoms with Crippen LogP contribution in [-0.2, 0) is 11.2 Å². The maximum Gasteiger partial charge on any atom is 0.321 e. The van der Waals surface area contributed by atoms with Gasteiger partial charge in [0.15, 0.2) is 0 Å². The van der Waals surface area contributed by atoms with E-state index in [1.807, 2.05) is 18.2 Å². The average Bonchev–Trinajstić information content (AvgIpc) is 2.85. The highest BCUT2D eigenvalue weighted by Gasteiger charge is 2.33.